The van der Waals surface area contributed by atoms with Crippen molar-refractivity contribution in [2.75, 3.05) is 6.26 Å². The van der Waals surface area contributed by atoms with Crippen molar-refractivity contribution in [3.05, 3.63) is 29.8 Å². The second kappa shape index (κ2) is 3.50. The highest BCUT2D eigenvalue weighted by atomic mass is 32.2. The SMILES string of the molecule is CS(=O)(=O)c1ccc(C2(C(=O)O)CC2(F)F)cc1. The van der Waals surface area contributed by atoms with Gasteiger partial charge in [0.1, 0.15) is 0 Å². The van der Waals surface area contributed by atoms with E-state index in [9.17, 15) is 22.0 Å². The van der Waals surface area contributed by atoms with Gasteiger partial charge in [-0.3, -0.25) is 4.79 Å². The van der Waals surface area contributed by atoms with E-state index in [4.69, 9.17) is 5.11 Å². The monoisotopic (exact) mass is 276 g/mol. The van der Waals surface area contributed by atoms with Crippen LogP contribution in [0, 0.1) is 0 Å². The van der Waals surface area contributed by atoms with E-state index in [1.165, 1.54) is 0 Å². The van der Waals surface area contributed by atoms with Gasteiger partial charge in [0.15, 0.2) is 15.3 Å². The summed E-state index contributed by atoms with van der Waals surface area (Å²) in [4.78, 5) is 11.0. The topological polar surface area (TPSA) is 71.4 Å². The Hall–Kier alpha value is -1.50. The Bertz CT molecular complexity index is 606. The summed E-state index contributed by atoms with van der Waals surface area (Å²) in [6.07, 6.45) is 0.230. The molecule has 98 valence electrons. The van der Waals surface area contributed by atoms with Crippen LogP contribution in [0.2, 0.25) is 0 Å². The third-order valence-electron chi connectivity index (χ3n) is 3.13. The standard InChI is InChI=1S/C11H10F2O4S/c1-18(16,17)8-4-2-7(3-5-8)10(9(14)15)6-11(10,12)13/h2-5H,6H2,1H3,(H,14,15). The first kappa shape index (κ1) is 12.9. The van der Waals surface area contributed by atoms with E-state index in [0.717, 1.165) is 30.5 Å². The fourth-order valence-electron chi connectivity index (χ4n) is 1.94. The van der Waals surface area contributed by atoms with Crippen LogP contribution in [0.25, 0.3) is 0 Å². The van der Waals surface area contributed by atoms with Gasteiger partial charge in [-0.15, -0.1) is 0 Å². The van der Waals surface area contributed by atoms with Crippen LogP contribution in [-0.4, -0.2) is 31.7 Å². The molecule has 1 aliphatic rings. The predicted molar refractivity (Wildman–Crippen MR) is 58.4 cm³/mol. The van der Waals surface area contributed by atoms with Crippen molar-refractivity contribution in [2.45, 2.75) is 22.7 Å². The summed E-state index contributed by atoms with van der Waals surface area (Å²) >= 11 is 0. The summed E-state index contributed by atoms with van der Waals surface area (Å²) in [5.41, 5.74) is -2.28. The minimum absolute atomic E-state index is 0.0317. The molecule has 0 amide bonds. The lowest BCUT2D eigenvalue weighted by atomic mass is 9.95. The fraction of sp³-hybridized carbons (Fsp3) is 0.364. The van der Waals surface area contributed by atoms with Gasteiger partial charge in [-0.05, 0) is 17.7 Å². The zero-order valence-electron chi connectivity index (χ0n) is 9.35. The maximum atomic E-state index is 13.2. The van der Waals surface area contributed by atoms with Gasteiger partial charge in [-0.2, -0.15) is 0 Å². The molecule has 0 radical (unpaired) electrons. The van der Waals surface area contributed by atoms with Crippen LogP contribution >= 0.6 is 0 Å². The van der Waals surface area contributed by atoms with Crippen molar-refractivity contribution in [1.29, 1.82) is 0 Å². The maximum Gasteiger partial charge on any atom is 0.320 e. The minimum atomic E-state index is -3.43. The molecule has 1 aromatic carbocycles. The molecule has 1 atom stereocenters. The number of carboxylic acid groups (broad SMARTS) is 1. The molecule has 0 saturated heterocycles. The predicted octanol–water partition coefficient (Wildman–Crippen LogP) is 1.45. The molecule has 0 spiro atoms. The van der Waals surface area contributed by atoms with Crippen molar-refractivity contribution >= 4 is 15.8 Å². The van der Waals surface area contributed by atoms with E-state index < -0.39 is 33.6 Å². The molecule has 0 aliphatic heterocycles. The highest BCUT2D eigenvalue weighted by Crippen LogP contribution is 2.61. The second-order valence-electron chi connectivity index (χ2n) is 4.39. The van der Waals surface area contributed by atoms with E-state index in [2.05, 4.69) is 0 Å². The van der Waals surface area contributed by atoms with Crippen molar-refractivity contribution in [1.82, 2.24) is 0 Å². The third kappa shape index (κ3) is 1.69. The fourth-order valence-corrected chi connectivity index (χ4v) is 2.57. The summed E-state index contributed by atoms with van der Waals surface area (Å²) in [5.74, 6) is -4.88. The number of rotatable bonds is 3. The average molecular weight is 276 g/mol. The van der Waals surface area contributed by atoms with Crippen molar-refractivity contribution < 1.29 is 27.1 Å². The van der Waals surface area contributed by atoms with Gasteiger partial charge >= 0.3 is 5.97 Å². The summed E-state index contributed by atoms with van der Waals surface area (Å²) in [5, 5.41) is 8.92. The largest absolute Gasteiger partial charge is 0.480 e. The zero-order chi connectivity index (χ0) is 13.8. The third-order valence-corrected chi connectivity index (χ3v) is 4.26. The van der Waals surface area contributed by atoms with Crippen molar-refractivity contribution in [2.24, 2.45) is 0 Å². The summed E-state index contributed by atoms with van der Waals surface area (Å²) in [6.45, 7) is 0. The molecule has 1 N–H and O–H groups in total. The Morgan fingerprint density at radius 3 is 2.00 bits per heavy atom. The second-order valence-corrected chi connectivity index (χ2v) is 6.40. The number of sulfone groups is 1. The molecule has 4 nitrogen and oxygen atoms in total. The first-order chi connectivity index (χ1) is 8.11. The lowest BCUT2D eigenvalue weighted by Gasteiger charge is -2.11. The molecule has 0 aromatic heterocycles. The molecule has 1 aromatic rings. The van der Waals surface area contributed by atoms with Crippen molar-refractivity contribution in [3.63, 3.8) is 0 Å². The number of alkyl halides is 2. The molecule has 18 heavy (non-hydrogen) atoms. The normalized spacial score (nSPS) is 25.7. The van der Waals surface area contributed by atoms with Crippen LogP contribution in [0.3, 0.4) is 0 Å². The molecular formula is C11H10F2O4S. The molecule has 0 bridgehead atoms. The number of carbonyl (C=O) groups is 1. The summed E-state index contributed by atoms with van der Waals surface area (Å²) in [6, 6.07) is 4.55. The van der Waals surface area contributed by atoms with Crippen LogP contribution in [0.4, 0.5) is 8.78 Å². The van der Waals surface area contributed by atoms with Crippen LogP contribution in [-0.2, 0) is 20.0 Å². The molecule has 1 fully saturated rings. The zero-order valence-corrected chi connectivity index (χ0v) is 10.2. The Labute approximate surface area is 102 Å². The number of carboxylic acids is 1. The van der Waals surface area contributed by atoms with E-state index in [-0.39, 0.29) is 10.5 Å². The molecule has 1 unspecified atom stereocenters. The number of hydrogen-bond donors (Lipinski definition) is 1. The van der Waals surface area contributed by atoms with Gasteiger partial charge in [0, 0.05) is 12.7 Å². The number of benzene rings is 1. The van der Waals surface area contributed by atoms with Gasteiger partial charge < -0.3 is 5.11 Å². The Balaban J connectivity index is 2.46. The highest BCUT2D eigenvalue weighted by molar-refractivity contribution is 7.90. The van der Waals surface area contributed by atoms with Gasteiger partial charge in [0.25, 0.3) is 5.92 Å². The van der Waals surface area contributed by atoms with Crippen LogP contribution in [0.15, 0.2) is 29.2 Å². The van der Waals surface area contributed by atoms with Gasteiger partial charge in [0.05, 0.1) is 4.90 Å². The quantitative estimate of drug-likeness (QED) is 0.907. The van der Waals surface area contributed by atoms with E-state index in [1.54, 1.807) is 0 Å². The number of aliphatic carboxylic acids is 1. The maximum absolute atomic E-state index is 13.2. The Morgan fingerprint density at radius 2 is 1.72 bits per heavy atom. The minimum Gasteiger partial charge on any atom is -0.480 e. The lowest BCUT2D eigenvalue weighted by molar-refractivity contribution is -0.142. The first-order valence-corrected chi connectivity index (χ1v) is 6.92. The van der Waals surface area contributed by atoms with E-state index >= 15 is 0 Å². The van der Waals surface area contributed by atoms with E-state index in [0.29, 0.717) is 0 Å². The lowest BCUT2D eigenvalue weighted by Crippen LogP contribution is -2.27. The molecule has 1 aliphatic carbocycles. The first-order valence-electron chi connectivity index (χ1n) is 5.03. The molecule has 1 saturated carbocycles. The van der Waals surface area contributed by atoms with Gasteiger partial charge in [-0.25, -0.2) is 17.2 Å². The molecule has 2 rings (SSSR count). The smallest absolute Gasteiger partial charge is 0.320 e. The Kier molecular flexibility index (Phi) is 2.52. The molecule has 0 heterocycles. The van der Waals surface area contributed by atoms with Crippen LogP contribution in [0.5, 0.6) is 0 Å². The number of halogens is 2. The molecular weight excluding hydrogens is 266 g/mol. The number of hydrogen-bond acceptors (Lipinski definition) is 3. The molecule has 7 heteroatoms. The van der Waals surface area contributed by atoms with Crippen LogP contribution in [0.1, 0.15) is 12.0 Å². The summed E-state index contributed by atoms with van der Waals surface area (Å²) < 4.78 is 48.9. The Morgan fingerprint density at radius 1 is 1.28 bits per heavy atom. The van der Waals surface area contributed by atoms with Gasteiger partial charge in [0.2, 0.25) is 0 Å². The highest BCUT2D eigenvalue weighted by Gasteiger charge is 2.77. The summed E-state index contributed by atoms with van der Waals surface area (Å²) in [7, 11) is -3.43. The van der Waals surface area contributed by atoms with Crippen molar-refractivity contribution in [3.8, 4) is 0 Å². The van der Waals surface area contributed by atoms with Crippen LogP contribution < -0.4 is 0 Å². The van der Waals surface area contributed by atoms with Gasteiger partial charge in [-0.1, -0.05) is 12.1 Å². The van der Waals surface area contributed by atoms with E-state index in [1.807, 2.05) is 0 Å². The average Bonchev–Trinajstić information content (AvgIpc) is 2.82.